The van der Waals surface area contributed by atoms with Gasteiger partial charge in [-0.05, 0) is 36.8 Å². The van der Waals surface area contributed by atoms with Gasteiger partial charge in [0.2, 0.25) is 5.91 Å². The molecule has 2 N–H and O–H groups in total. The van der Waals surface area contributed by atoms with Gasteiger partial charge in [0.05, 0.1) is 17.5 Å². The Kier molecular flexibility index (Phi) is 4.30. The molecule has 1 amide bonds. The fraction of sp³-hybridized carbons (Fsp3) is 0.105. The molecule has 2 aromatic carbocycles. The van der Waals surface area contributed by atoms with Gasteiger partial charge in [0.25, 0.3) is 0 Å². The second-order valence-corrected chi connectivity index (χ2v) is 6.87. The molecule has 0 radical (unpaired) electrons. The van der Waals surface area contributed by atoms with Crippen molar-refractivity contribution < 1.29 is 9.18 Å². The van der Waals surface area contributed by atoms with Crippen molar-refractivity contribution in [3.8, 4) is 0 Å². The number of amides is 1. The molecule has 4 rings (SSSR count). The van der Waals surface area contributed by atoms with Gasteiger partial charge in [-0.2, -0.15) is 5.10 Å². The lowest BCUT2D eigenvalue weighted by Crippen LogP contribution is -2.14. The van der Waals surface area contributed by atoms with Crippen LogP contribution in [0.3, 0.4) is 0 Å². The van der Waals surface area contributed by atoms with E-state index < -0.39 is 0 Å². The minimum atomic E-state index is -0.304. The molecule has 0 spiro atoms. The number of hydrogen-bond donors (Lipinski definition) is 2. The summed E-state index contributed by atoms with van der Waals surface area (Å²) in [5.41, 5.74) is 3.37. The molecular weight excluding hydrogens is 351 g/mol. The van der Waals surface area contributed by atoms with Gasteiger partial charge in [0, 0.05) is 22.0 Å². The molecule has 0 unspecified atom stereocenters. The quantitative estimate of drug-likeness (QED) is 0.529. The Labute approximate surface area is 153 Å². The Bertz CT molecular complexity index is 1130. The number of carbonyl (C=O) groups is 1. The molecule has 0 atom stereocenters. The summed E-state index contributed by atoms with van der Waals surface area (Å²) in [5.74, 6) is -0.224. The van der Waals surface area contributed by atoms with Crippen molar-refractivity contribution >= 4 is 45.2 Å². The molecule has 5 nitrogen and oxygen atoms in total. The maximum Gasteiger partial charge on any atom is 0.234 e. The summed E-state index contributed by atoms with van der Waals surface area (Å²) < 4.78 is 13.5. The molecule has 0 bridgehead atoms. The maximum atomic E-state index is 13.5. The summed E-state index contributed by atoms with van der Waals surface area (Å²) >= 11 is 1.29. The molecule has 7 heteroatoms. The van der Waals surface area contributed by atoms with Crippen molar-refractivity contribution in [2.24, 2.45) is 0 Å². The Morgan fingerprint density at radius 2 is 2.08 bits per heavy atom. The van der Waals surface area contributed by atoms with Crippen LogP contribution in [0.4, 0.5) is 10.1 Å². The number of hydrogen-bond acceptors (Lipinski definition) is 4. The van der Waals surface area contributed by atoms with Crippen LogP contribution < -0.4 is 5.32 Å². The minimum Gasteiger partial charge on any atom is -0.352 e. The van der Waals surface area contributed by atoms with Crippen molar-refractivity contribution in [1.82, 2.24) is 15.2 Å². The lowest BCUT2D eigenvalue weighted by molar-refractivity contribution is -0.113. The Morgan fingerprint density at radius 1 is 1.23 bits per heavy atom. The third-order valence-electron chi connectivity index (χ3n) is 4.11. The number of aromatic nitrogens is 3. The van der Waals surface area contributed by atoms with E-state index in [1.165, 1.54) is 23.9 Å². The number of thioether (sulfide) groups is 1. The smallest absolute Gasteiger partial charge is 0.234 e. The van der Waals surface area contributed by atoms with Crippen LogP contribution in [0.1, 0.15) is 5.56 Å². The van der Waals surface area contributed by atoms with Gasteiger partial charge in [0.15, 0.2) is 0 Å². The highest BCUT2D eigenvalue weighted by atomic mass is 32.2. The summed E-state index contributed by atoms with van der Waals surface area (Å²) in [5, 5.41) is 13.2. The van der Waals surface area contributed by atoms with Crippen molar-refractivity contribution in [2.45, 2.75) is 11.9 Å². The normalized spacial score (nSPS) is 11.2. The fourth-order valence-electron chi connectivity index (χ4n) is 2.81. The van der Waals surface area contributed by atoms with Crippen molar-refractivity contribution in [1.29, 1.82) is 0 Å². The lowest BCUT2D eigenvalue weighted by Gasteiger charge is -2.07. The standard InChI is InChI=1S/C19H15FN4OS/c1-11-4-2-3-5-15(11)22-17(25)10-26-19-18-14(9-21-24-19)13-8-12(20)6-7-16(13)23-18/h2-9,23H,10H2,1H3,(H,22,25). The van der Waals surface area contributed by atoms with Crippen LogP contribution in [0, 0.1) is 12.7 Å². The number of fused-ring (bicyclic) bond motifs is 3. The van der Waals surface area contributed by atoms with Crippen LogP contribution in [0.15, 0.2) is 53.7 Å². The predicted molar refractivity (Wildman–Crippen MR) is 102 cm³/mol. The second-order valence-electron chi connectivity index (χ2n) is 5.91. The topological polar surface area (TPSA) is 70.7 Å². The molecule has 0 saturated carbocycles. The molecule has 130 valence electrons. The molecule has 0 saturated heterocycles. The molecule has 26 heavy (non-hydrogen) atoms. The van der Waals surface area contributed by atoms with Crippen molar-refractivity contribution in [3.63, 3.8) is 0 Å². The molecule has 0 aliphatic heterocycles. The third kappa shape index (κ3) is 3.13. The average Bonchev–Trinajstić information content (AvgIpc) is 3.00. The number of anilines is 1. The number of halogens is 1. The van der Waals surface area contributed by atoms with Gasteiger partial charge in [-0.15, -0.1) is 5.10 Å². The van der Waals surface area contributed by atoms with Gasteiger partial charge in [-0.3, -0.25) is 4.79 Å². The highest BCUT2D eigenvalue weighted by Gasteiger charge is 2.13. The van der Waals surface area contributed by atoms with Gasteiger partial charge >= 0.3 is 0 Å². The summed E-state index contributed by atoms with van der Waals surface area (Å²) in [6.45, 7) is 1.94. The van der Waals surface area contributed by atoms with Gasteiger partial charge < -0.3 is 10.3 Å². The molecule has 2 heterocycles. The van der Waals surface area contributed by atoms with E-state index in [4.69, 9.17) is 0 Å². The minimum absolute atomic E-state index is 0.120. The summed E-state index contributed by atoms with van der Waals surface area (Å²) in [4.78, 5) is 15.5. The van der Waals surface area contributed by atoms with E-state index in [2.05, 4.69) is 20.5 Å². The first kappa shape index (κ1) is 16.5. The van der Waals surface area contributed by atoms with Crippen LogP contribution in [-0.4, -0.2) is 26.8 Å². The molecule has 0 aliphatic carbocycles. The number of H-pyrrole nitrogens is 1. The van der Waals surface area contributed by atoms with Gasteiger partial charge in [0.1, 0.15) is 10.8 Å². The zero-order chi connectivity index (χ0) is 18.1. The van der Waals surface area contributed by atoms with Crippen LogP contribution in [0.2, 0.25) is 0 Å². The zero-order valence-corrected chi connectivity index (χ0v) is 14.7. The average molecular weight is 366 g/mol. The van der Waals surface area contributed by atoms with E-state index in [1.807, 2.05) is 31.2 Å². The highest BCUT2D eigenvalue weighted by Crippen LogP contribution is 2.30. The van der Waals surface area contributed by atoms with E-state index in [-0.39, 0.29) is 17.5 Å². The number of rotatable bonds is 4. The summed E-state index contributed by atoms with van der Waals surface area (Å²) in [7, 11) is 0. The number of para-hydroxylation sites is 1. The van der Waals surface area contributed by atoms with E-state index in [9.17, 15) is 9.18 Å². The Balaban J connectivity index is 1.57. The van der Waals surface area contributed by atoms with Crippen LogP contribution in [0.25, 0.3) is 21.8 Å². The molecule has 0 aliphatic rings. The van der Waals surface area contributed by atoms with E-state index in [1.54, 1.807) is 12.3 Å². The third-order valence-corrected chi connectivity index (χ3v) is 5.07. The number of nitrogens with zero attached hydrogens (tertiary/aromatic N) is 2. The maximum absolute atomic E-state index is 13.5. The van der Waals surface area contributed by atoms with E-state index in [0.29, 0.717) is 5.03 Å². The van der Waals surface area contributed by atoms with Crippen LogP contribution in [-0.2, 0) is 4.79 Å². The first-order chi connectivity index (χ1) is 12.6. The highest BCUT2D eigenvalue weighted by molar-refractivity contribution is 8.00. The molecular formula is C19H15FN4OS. The molecule has 2 aromatic heterocycles. The molecule has 4 aromatic rings. The molecule has 0 fully saturated rings. The predicted octanol–water partition coefficient (Wildman–Crippen LogP) is 4.29. The van der Waals surface area contributed by atoms with Crippen molar-refractivity contribution in [3.05, 3.63) is 60.0 Å². The van der Waals surface area contributed by atoms with Crippen LogP contribution >= 0.6 is 11.8 Å². The van der Waals surface area contributed by atoms with Gasteiger partial charge in [-0.1, -0.05) is 30.0 Å². The second kappa shape index (κ2) is 6.76. The number of nitrogens with one attached hydrogen (secondary N) is 2. The number of aryl methyl sites for hydroxylation is 1. The summed E-state index contributed by atoms with van der Waals surface area (Å²) in [6.07, 6.45) is 1.60. The Morgan fingerprint density at radius 3 is 2.92 bits per heavy atom. The number of aromatic amines is 1. The number of carbonyl (C=O) groups excluding carboxylic acids is 1. The lowest BCUT2D eigenvalue weighted by atomic mass is 10.2. The fourth-order valence-corrected chi connectivity index (χ4v) is 3.56. The monoisotopic (exact) mass is 366 g/mol. The number of benzene rings is 2. The van der Waals surface area contributed by atoms with E-state index >= 15 is 0 Å². The SMILES string of the molecule is Cc1ccccc1NC(=O)CSc1nncc2c1[nH]c1ccc(F)cc12. The van der Waals surface area contributed by atoms with Gasteiger partial charge in [-0.25, -0.2) is 4.39 Å². The van der Waals surface area contributed by atoms with Crippen molar-refractivity contribution in [2.75, 3.05) is 11.1 Å². The Hall–Kier alpha value is -2.93. The first-order valence-corrected chi connectivity index (χ1v) is 9.01. The first-order valence-electron chi connectivity index (χ1n) is 8.03. The van der Waals surface area contributed by atoms with E-state index in [0.717, 1.165) is 33.1 Å². The zero-order valence-electron chi connectivity index (χ0n) is 13.9. The van der Waals surface area contributed by atoms with Crippen LogP contribution in [0.5, 0.6) is 0 Å². The summed E-state index contributed by atoms with van der Waals surface area (Å²) in [6, 6.07) is 12.2. The largest absolute Gasteiger partial charge is 0.352 e.